The van der Waals surface area contributed by atoms with E-state index in [4.69, 9.17) is 9.72 Å². The van der Waals surface area contributed by atoms with Crippen LogP contribution < -0.4 is 10.6 Å². The van der Waals surface area contributed by atoms with Crippen LogP contribution in [0.4, 0.5) is 22.2 Å². The van der Waals surface area contributed by atoms with Crippen LogP contribution in [0.25, 0.3) is 5.65 Å². The number of nitrogens with one attached hydrogen (secondary N) is 3. The van der Waals surface area contributed by atoms with Gasteiger partial charge in [-0.05, 0) is 37.1 Å². The maximum atomic E-state index is 11.8. The van der Waals surface area contributed by atoms with Crippen molar-refractivity contribution in [3.05, 3.63) is 54.5 Å². The van der Waals surface area contributed by atoms with E-state index in [1.807, 2.05) is 67.8 Å². The Hall–Kier alpha value is -3.53. The lowest BCUT2D eigenvalue weighted by Crippen LogP contribution is -2.16. The fourth-order valence-electron chi connectivity index (χ4n) is 2.76. The largest absolute Gasteiger partial charge is 0.449 e. The molecule has 4 rings (SSSR count). The van der Waals surface area contributed by atoms with Crippen LogP contribution >= 0.6 is 11.8 Å². The van der Waals surface area contributed by atoms with Gasteiger partial charge in [0.15, 0.2) is 5.82 Å². The monoisotopic (exact) mass is 437 g/mol. The molecule has 0 aliphatic heterocycles. The Morgan fingerprint density at radius 1 is 1.26 bits per heavy atom. The summed E-state index contributed by atoms with van der Waals surface area (Å²) >= 11 is 1.50. The summed E-state index contributed by atoms with van der Waals surface area (Å²) in [5, 5.41) is 13.9. The van der Waals surface area contributed by atoms with Gasteiger partial charge in [0, 0.05) is 40.8 Å². The van der Waals surface area contributed by atoms with Crippen LogP contribution in [0.3, 0.4) is 0 Å². The van der Waals surface area contributed by atoms with Gasteiger partial charge in [0.25, 0.3) is 0 Å². The van der Waals surface area contributed by atoms with Crippen LogP contribution in [0, 0.1) is 12.8 Å². The van der Waals surface area contributed by atoms with E-state index in [2.05, 4.69) is 25.8 Å². The van der Waals surface area contributed by atoms with Gasteiger partial charge in [0.1, 0.15) is 10.7 Å². The molecule has 10 heteroatoms. The molecule has 3 aromatic heterocycles. The molecule has 0 fully saturated rings. The van der Waals surface area contributed by atoms with E-state index in [9.17, 15) is 4.79 Å². The molecule has 9 nitrogen and oxygen atoms in total. The Morgan fingerprint density at radius 3 is 2.77 bits per heavy atom. The fraction of sp³-hybridized carbons (Fsp3) is 0.238. The van der Waals surface area contributed by atoms with Gasteiger partial charge in [-0.15, -0.1) is 0 Å². The number of nitrogens with zero attached hydrogens (tertiary/aromatic N) is 4. The molecule has 0 bridgehead atoms. The predicted octanol–water partition coefficient (Wildman–Crippen LogP) is 4.86. The van der Waals surface area contributed by atoms with Crippen molar-refractivity contribution in [1.29, 1.82) is 0 Å². The summed E-state index contributed by atoms with van der Waals surface area (Å²) in [5.74, 6) is 1.60. The van der Waals surface area contributed by atoms with E-state index in [1.165, 1.54) is 11.8 Å². The van der Waals surface area contributed by atoms with Gasteiger partial charge in [0.2, 0.25) is 5.95 Å². The van der Waals surface area contributed by atoms with Crippen molar-refractivity contribution in [2.24, 2.45) is 5.92 Å². The third-order valence-corrected chi connectivity index (χ3v) is 5.11. The molecule has 0 aliphatic rings. The molecule has 4 aromatic rings. The van der Waals surface area contributed by atoms with E-state index in [0.717, 1.165) is 21.3 Å². The maximum Gasteiger partial charge on any atom is 0.411 e. The number of imidazole rings is 1. The second-order valence-electron chi connectivity index (χ2n) is 7.38. The number of rotatable bonds is 7. The van der Waals surface area contributed by atoms with Crippen molar-refractivity contribution in [2.75, 3.05) is 17.2 Å². The molecule has 0 radical (unpaired) electrons. The molecular formula is C21H23N7O2S. The summed E-state index contributed by atoms with van der Waals surface area (Å²) in [4.78, 5) is 21.9. The van der Waals surface area contributed by atoms with Crippen LogP contribution in [0.2, 0.25) is 0 Å². The minimum atomic E-state index is -0.454. The predicted molar refractivity (Wildman–Crippen MR) is 120 cm³/mol. The van der Waals surface area contributed by atoms with Crippen molar-refractivity contribution in [2.45, 2.75) is 30.7 Å². The van der Waals surface area contributed by atoms with Gasteiger partial charge in [-0.3, -0.25) is 14.8 Å². The highest BCUT2D eigenvalue weighted by atomic mass is 32.2. The number of anilines is 3. The van der Waals surface area contributed by atoms with E-state index >= 15 is 0 Å². The minimum Gasteiger partial charge on any atom is -0.449 e. The van der Waals surface area contributed by atoms with Crippen LogP contribution in [0.5, 0.6) is 0 Å². The zero-order valence-corrected chi connectivity index (χ0v) is 18.2. The lowest BCUT2D eigenvalue weighted by atomic mass is 10.2. The number of carbonyl (C=O) groups is 1. The molecule has 31 heavy (non-hydrogen) atoms. The molecule has 1 aromatic carbocycles. The first-order chi connectivity index (χ1) is 15.0. The average Bonchev–Trinajstić information content (AvgIpc) is 3.37. The van der Waals surface area contributed by atoms with Crippen LogP contribution in [0.1, 0.15) is 19.5 Å². The van der Waals surface area contributed by atoms with Crippen molar-refractivity contribution >= 4 is 41.0 Å². The second kappa shape index (κ2) is 9.09. The van der Waals surface area contributed by atoms with Crippen molar-refractivity contribution in [1.82, 2.24) is 24.6 Å². The van der Waals surface area contributed by atoms with E-state index < -0.39 is 6.09 Å². The first-order valence-electron chi connectivity index (χ1n) is 9.81. The van der Waals surface area contributed by atoms with E-state index in [1.54, 1.807) is 6.20 Å². The highest BCUT2D eigenvalue weighted by Crippen LogP contribution is 2.29. The number of aromatic amines is 1. The lowest BCUT2D eigenvalue weighted by Gasteiger charge is -2.10. The van der Waals surface area contributed by atoms with Crippen molar-refractivity contribution in [3.63, 3.8) is 0 Å². The molecule has 0 atom stereocenters. The zero-order chi connectivity index (χ0) is 21.8. The molecular weight excluding hydrogens is 414 g/mol. The van der Waals surface area contributed by atoms with Crippen LogP contribution in [-0.2, 0) is 4.74 Å². The van der Waals surface area contributed by atoms with Crippen molar-refractivity contribution in [3.8, 4) is 0 Å². The normalized spacial score (nSPS) is 11.1. The number of hydrogen-bond donors (Lipinski definition) is 3. The Labute approximate surface area is 183 Å². The summed E-state index contributed by atoms with van der Waals surface area (Å²) in [6, 6.07) is 11.3. The number of benzene rings is 1. The number of ether oxygens (including phenoxy) is 1. The molecule has 0 unspecified atom stereocenters. The number of hydrogen-bond acceptors (Lipinski definition) is 7. The molecule has 1 amide bonds. The molecule has 0 saturated heterocycles. The average molecular weight is 438 g/mol. The number of aryl methyl sites for hydroxylation is 1. The summed E-state index contributed by atoms with van der Waals surface area (Å²) in [6.07, 6.45) is 3.12. The van der Waals surface area contributed by atoms with Gasteiger partial charge in [-0.25, -0.2) is 14.8 Å². The summed E-state index contributed by atoms with van der Waals surface area (Å²) in [5.41, 5.74) is 2.40. The van der Waals surface area contributed by atoms with Crippen LogP contribution in [0.15, 0.2) is 58.7 Å². The highest BCUT2D eigenvalue weighted by Gasteiger charge is 2.10. The summed E-state index contributed by atoms with van der Waals surface area (Å²) < 4.78 is 7.01. The van der Waals surface area contributed by atoms with Gasteiger partial charge >= 0.3 is 6.09 Å². The van der Waals surface area contributed by atoms with Gasteiger partial charge in [-0.1, -0.05) is 25.6 Å². The molecule has 3 heterocycles. The van der Waals surface area contributed by atoms with Gasteiger partial charge in [-0.2, -0.15) is 5.10 Å². The topological polar surface area (TPSA) is 109 Å². The number of H-pyrrole nitrogens is 1. The number of fused-ring (bicyclic) bond motifs is 1. The van der Waals surface area contributed by atoms with E-state index in [0.29, 0.717) is 30.0 Å². The standard InChI is InChI=1S/C21H23N7O2S/c1-13(2)12-30-21(29)23-15-4-6-16(7-5-15)31-19-11-18-22-8-9-28(18)20(25-19)24-17-10-14(3)26-27-17/h4-11,13H,12H2,1-3H3,(H,23,29)(H2,24,25,26,27). The Morgan fingerprint density at radius 2 is 2.06 bits per heavy atom. The Kier molecular flexibility index (Phi) is 6.08. The smallest absolute Gasteiger partial charge is 0.411 e. The van der Waals surface area contributed by atoms with Crippen LogP contribution in [-0.4, -0.2) is 37.3 Å². The third-order valence-electron chi connectivity index (χ3n) is 4.18. The SMILES string of the molecule is Cc1cc(Nc2nc(Sc3ccc(NC(=O)OCC(C)C)cc3)cc3nccn23)n[nH]1. The molecule has 0 spiro atoms. The quantitative estimate of drug-likeness (QED) is 0.354. The Balaban J connectivity index is 1.47. The second-order valence-corrected chi connectivity index (χ2v) is 8.47. The highest BCUT2D eigenvalue weighted by molar-refractivity contribution is 7.99. The Bertz CT molecular complexity index is 1180. The summed E-state index contributed by atoms with van der Waals surface area (Å²) in [7, 11) is 0. The maximum absolute atomic E-state index is 11.8. The summed E-state index contributed by atoms with van der Waals surface area (Å²) in [6.45, 7) is 6.30. The fourth-order valence-corrected chi connectivity index (χ4v) is 3.57. The van der Waals surface area contributed by atoms with E-state index in [-0.39, 0.29) is 0 Å². The first kappa shape index (κ1) is 20.7. The third kappa shape index (κ3) is 5.34. The zero-order valence-electron chi connectivity index (χ0n) is 17.4. The number of carbonyl (C=O) groups excluding carboxylic acids is 1. The number of amides is 1. The lowest BCUT2D eigenvalue weighted by molar-refractivity contribution is 0.147. The first-order valence-corrected chi connectivity index (χ1v) is 10.6. The molecule has 160 valence electrons. The van der Waals surface area contributed by atoms with Gasteiger partial charge < -0.3 is 10.1 Å². The molecule has 0 saturated carbocycles. The molecule has 0 aliphatic carbocycles. The van der Waals surface area contributed by atoms with Gasteiger partial charge in [0.05, 0.1) is 6.61 Å². The number of aromatic nitrogens is 5. The minimum absolute atomic E-state index is 0.292. The van der Waals surface area contributed by atoms with Crippen molar-refractivity contribution < 1.29 is 9.53 Å². The molecule has 3 N–H and O–H groups in total.